The third-order valence-corrected chi connectivity index (χ3v) is 5.87. The van der Waals surface area contributed by atoms with Crippen LogP contribution in [0.2, 0.25) is 0 Å². The second-order valence-electron chi connectivity index (χ2n) is 7.90. The van der Waals surface area contributed by atoms with E-state index in [1.54, 1.807) is 4.90 Å². The van der Waals surface area contributed by atoms with Crippen LogP contribution in [0.5, 0.6) is 5.75 Å². The number of nitrogens with zero attached hydrogens (tertiary/aromatic N) is 4. The first-order valence-corrected chi connectivity index (χ1v) is 10.5. The molecule has 2 atom stereocenters. The molecule has 1 N–H and O–H groups in total. The lowest BCUT2D eigenvalue weighted by Gasteiger charge is -2.40. The lowest BCUT2D eigenvalue weighted by Crippen LogP contribution is -2.54. The molecule has 1 fully saturated rings. The van der Waals surface area contributed by atoms with Crippen LogP contribution in [0.3, 0.4) is 0 Å². The number of methoxy groups -OCH3 is 1. The van der Waals surface area contributed by atoms with E-state index in [1.165, 1.54) is 23.8 Å². The molecule has 0 spiro atoms. The molecular formula is C21H24F4N4O4. The number of aromatic nitrogens is 2. The van der Waals surface area contributed by atoms with E-state index in [4.69, 9.17) is 9.47 Å². The molecule has 12 heteroatoms. The maximum atomic E-state index is 14.0. The number of ether oxygens (including phenoxy) is 2. The van der Waals surface area contributed by atoms with Gasteiger partial charge in [-0.2, -0.15) is 18.2 Å². The highest BCUT2D eigenvalue weighted by molar-refractivity contribution is 5.47. The van der Waals surface area contributed by atoms with Crippen molar-refractivity contribution in [3.05, 3.63) is 46.0 Å². The Morgan fingerprint density at radius 1 is 1.24 bits per heavy atom. The minimum Gasteiger partial charge on any atom is -0.496 e. The van der Waals surface area contributed by atoms with E-state index in [1.807, 2.05) is 0 Å². The van der Waals surface area contributed by atoms with Gasteiger partial charge in [0.2, 0.25) is 5.95 Å². The van der Waals surface area contributed by atoms with E-state index in [-0.39, 0.29) is 36.0 Å². The second-order valence-corrected chi connectivity index (χ2v) is 7.90. The summed E-state index contributed by atoms with van der Waals surface area (Å²) in [7, 11) is 1.27. The summed E-state index contributed by atoms with van der Waals surface area (Å²) in [6, 6.07) is 2.75. The minimum atomic E-state index is -4.62. The summed E-state index contributed by atoms with van der Waals surface area (Å²) in [5.74, 6) is -0.507. The van der Waals surface area contributed by atoms with Gasteiger partial charge in [0, 0.05) is 37.3 Å². The van der Waals surface area contributed by atoms with Crippen molar-refractivity contribution in [3.63, 3.8) is 0 Å². The summed E-state index contributed by atoms with van der Waals surface area (Å²) in [4.78, 5) is 19.8. The Bertz CT molecular complexity index is 1060. The van der Waals surface area contributed by atoms with Gasteiger partial charge in [0.25, 0.3) is 5.56 Å². The highest BCUT2D eigenvalue weighted by atomic mass is 19.4. The van der Waals surface area contributed by atoms with Crippen LogP contribution in [-0.4, -0.2) is 66.8 Å². The van der Waals surface area contributed by atoms with Gasteiger partial charge in [0.15, 0.2) is 0 Å². The first-order chi connectivity index (χ1) is 15.7. The van der Waals surface area contributed by atoms with Crippen LogP contribution in [0, 0.1) is 5.82 Å². The summed E-state index contributed by atoms with van der Waals surface area (Å²) in [6.07, 6.45) is -6.45. The lowest BCUT2D eigenvalue weighted by molar-refractivity contribution is -0.153. The molecule has 2 aliphatic heterocycles. The van der Waals surface area contributed by atoms with Gasteiger partial charge in [-0.05, 0) is 18.6 Å². The summed E-state index contributed by atoms with van der Waals surface area (Å²) in [5.41, 5.74) is -0.343. The molecule has 8 nitrogen and oxygen atoms in total. The number of rotatable bonds is 5. The van der Waals surface area contributed by atoms with Crippen LogP contribution in [0.25, 0.3) is 0 Å². The lowest BCUT2D eigenvalue weighted by atomic mass is 10.0. The highest BCUT2D eigenvalue weighted by Gasteiger charge is 2.47. The zero-order valence-corrected chi connectivity index (χ0v) is 17.9. The quantitative estimate of drug-likeness (QED) is 0.668. The molecule has 1 aromatic carbocycles. The fraction of sp³-hybridized carbons (Fsp3) is 0.524. The van der Waals surface area contributed by atoms with Crippen LogP contribution in [0.1, 0.15) is 18.1 Å². The molecule has 180 valence electrons. The molecule has 2 aliphatic rings. The number of benzene rings is 1. The van der Waals surface area contributed by atoms with Crippen molar-refractivity contribution in [1.82, 2.24) is 9.55 Å². The number of morpholine rings is 1. The van der Waals surface area contributed by atoms with E-state index in [2.05, 4.69) is 4.98 Å². The predicted octanol–water partition coefficient (Wildman–Crippen LogP) is 2.10. The zero-order valence-electron chi connectivity index (χ0n) is 17.9. The summed E-state index contributed by atoms with van der Waals surface area (Å²) in [5, 5.41) is 10.8. The Kier molecular flexibility index (Phi) is 6.48. The number of fused-ring (bicyclic) bond motifs is 1. The number of aliphatic hydroxyl groups excluding tert-OH is 1. The largest absolute Gasteiger partial charge is 0.496 e. The van der Waals surface area contributed by atoms with Gasteiger partial charge < -0.3 is 24.4 Å². The van der Waals surface area contributed by atoms with Gasteiger partial charge >= 0.3 is 6.18 Å². The van der Waals surface area contributed by atoms with Gasteiger partial charge in [0.05, 0.1) is 26.9 Å². The Balaban J connectivity index is 1.74. The number of hydrogen-bond acceptors (Lipinski definition) is 7. The van der Waals surface area contributed by atoms with E-state index in [9.17, 15) is 27.5 Å². The van der Waals surface area contributed by atoms with E-state index < -0.39 is 36.2 Å². The van der Waals surface area contributed by atoms with Gasteiger partial charge in [-0.15, -0.1) is 0 Å². The molecular weight excluding hydrogens is 448 g/mol. The maximum Gasteiger partial charge on any atom is 0.408 e. The van der Waals surface area contributed by atoms with Gasteiger partial charge in [-0.3, -0.25) is 9.36 Å². The Morgan fingerprint density at radius 3 is 2.64 bits per heavy atom. The van der Waals surface area contributed by atoms with Crippen LogP contribution in [0.4, 0.5) is 29.3 Å². The van der Waals surface area contributed by atoms with Crippen molar-refractivity contribution in [2.24, 2.45) is 0 Å². The van der Waals surface area contributed by atoms with Crippen molar-refractivity contribution in [1.29, 1.82) is 0 Å². The first-order valence-electron chi connectivity index (χ1n) is 10.5. The van der Waals surface area contributed by atoms with Crippen LogP contribution in [0.15, 0.2) is 29.1 Å². The molecule has 0 radical (unpaired) electrons. The number of β-amino-alcohol motifs (C(OH)–C–C–N with tert-alkyl or cyclic N) is 1. The zero-order chi connectivity index (χ0) is 23.8. The Hall–Kier alpha value is -2.86. The minimum absolute atomic E-state index is 0.00971. The van der Waals surface area contributed by atoms with E-state index in [0.29, 0.717) is 26.3 Å². The second kappa shape index (κ2) is 9.18. The molecule has 1 saturated heterocycles. The number of hydrogen-bond donors (Lipinski definition) is 1. The van der Waals surface area contributed by atoms with Gasteiger partial charge in [-0.1, -0.05) is 0 Å². The van der Waals surface area contributed by atoms with Crippen molar-refractivity contribution < 1.29 is 32.1 Å². The third kappa shape index (κ3) is 4.76. The van der Waals surface area contributed by atoms with Crippen molar-refractivity contribution >= 4 is 11.8 Å². The van der Waals surface area contributed by atoms with Crippen molar-refractivity contribution in [2.75, 3.05) is 49.8 Å². The first kappa shape index (κ1) is 23.3. The fourth-order valence-corrected chi connectivity index (χ4v) is 4.21. The monoisotopic (exact) mass is 472 g/mol. The number of aliphatic hydroxyl groups is 1. The summed E-state index contributed by atoms with van der Waals surface area (Å²) < 4.78 is 67.0. The van der Waals surface area contributed by atoms with Gasteiger partial charge in [-0.25, -0.2) is 4.39 Å². The Labute approximate surface area is 187 Å². The highest BCUT2D eigenvalue weighted by Crippen LogP contribution is 2.36. The molecule has 33 heavy (non-hydrogen) atoms. The molecule has 0 aliphatic carbocycles. The molecule has 0 bridgehead atoms. The fourth-order valence-electron chi connectivity index (χ4n) is 4.21. The molecule has 2 aromatic rings. The average molecular weight is 472 g/mol. The van der Waals surface area contributed by atoms with Crippen LogP contribution < -0.4 is 20.1 Å². The SMILES string of the molecule is COc1cc(F)ccc1[C@H](O)CN1c2nc(N3CCOCC3)cc(=O)n2CCC1C(F)(F)F. The maximum absolute atomic E-state index is 14.0. The van der Waals surface area contributed by atoms with Crippen molar-refractivity contribution in [3.8, 4) is 5.75 Å². The predicted molar refractivity (Wildman–Crippen MR) is 111 cm³/mol. The Morgan fingerprint density at radius 2 is 1.97 bits per heavy atom. The van der Waals surface area contributed by atoms with E-state index in [0.717, 1.165) is 17.0 Å². The van der Waals surface area contributed by atoms with Crippen LogP contribution in [-0.2, 0) is 11.3 Å². The van der Waals surface area contributed by atoms with Crippen molar-refractivity contribution in [2.45, 2.75) is 31.3 Å². The number of halogens is 4. The molecule has 1 unspecified atom stereocenters. The molecule has 0 saturated carbocycles. The number of alkyl halides is 3. The molecule has 0 amide bonds. The third-order valence-electron chi connectivity index (χ3n) is 5.87. The number of anilines is 2. The summed E-state index contributed by atoms with van der Waals surface area (Å²) >= 11 is 0. The molecule has 1 aromatic heterocycles. The topological polar surface area (TPSA) is 80.1 Å². The average Bonchev–Trinajstić information content (AvgIpc) is 2.79. The van der Waals surface area contributed by atoms with E-state index >= 15 is 0 Å². The van der Waals surface area contributed by atoms with Crippen LogP contribution >= 0.6 is 0 Å². The standard InChI is InChI=1S/C21H24F4N4O4/c1-32-16-10-13(22)2-3-14(16)15(30)12-29-17(21(23,24)25)4-5-28-19(31)11-18(26-20(28)29)27-6-8-33-9-7-27/h2-3,10-11,15,17,30H,4-9,12H2,1H3/t15-,17?/m1/s1. The van der Waals surface area contributed by atoms with Gasteiger partial charge in [0.1, 0.15) is 29.5 Å². The summed E-state index contributed by atoms with van der Waals surface area (Å²) in [6.45, 7) is 1.06. The normalized spacial score (nSPS) is 19.9. The molecule has 4 rings (SSSR count). The smallest absolute Gasteiger partial charge is 0.408 e. The molecule has 3 heterocycles.